The fraction of sp³-hybridized carbons (Fsp3) is 0.308. The van der Waals surface area contributed by atoms with Gasteiger partial charge in [0.25, 0.3) is 0 Å². The number of amides is 1. The molecule has 0 fully saturated rings. The average Bonchev–Trinajstić information content (AvgIpc) is 2.35. The van der Waals surface area contributed by atoms with Gasteiger partial charge in [0.05, 0.1) is 5.25 Å². The minimum atomic E-state index is -0.0730. The summed E-state index contributed by atoms with van der Waals surface area (Å²) in [6, 6.07) is 7.52. The van der Waals surface area contributed by atoms with E-state index < -0.39 is 0 Å². The minimum absolute atomic E-state index is 0.0485. The lowest BCUT2D eigenvalue weighted by Crippen LogP contribution is -2.32. The number of carbonyl (C=O) groups excluding carboxylic acids is 1. The normalized spacial score (nSPS) is 11.9. The maximum Gasteiger partial charge on any atom is 0.233 e. The van der Waals surface area contributed by atoms with Gasteiger partial charge in [-0.2, -0.15) is 0 Å². The van der Waals surface area contributed by atoms with Crippen molar-refractivity contribution in [2.75, 3.05) is 6.54 Å². The van der Waals surface area contributed by atoms with Crippen LogP contribution in [-0.2, 0) is 4.79 Å². The van der Waals surface area contributed by atoms with E-state index in [4.69, 9.17) is 11.6 Å². The van der Waals surface area contributed by atoms with E-state index in [2.05, 4.69) is 11.9 Å². The van der Waals surface area contributed by atoms with E-state index in [1.54, 1.807) is 17.8 Å². The first kappa shape index (κ1) is 14.1. The first-order valence-corrected chi connectivity index (χ1v) is 6.74. The Morgan fingerprint density at radius 1 is 1.53 bits per heavy atom. The predicted octanol–water partition coefficient (Wildman–Crippen LogP) is 3.51. The van der Waals surface area contributed by atoms with Crippen LogP contribution in [0.2, 0.25) is 5.02 Å². The summed E-state index contributed by atoms with van der Waals surface area (Å²) in [4.78, 5) is 12.8. The molecule has 1 aromatic carbocycles. The van der Waals surface area contributed by atoms with Gasteiger partial charge in [-0.1, -0.05) is 24.6 Å². The van der Waals surface area contributed by atoms with Crippen LogP contribution in [0.4, 0.5) is 0 Å². The zero-order chi connectivity index (χ0) is 12.7. The highest BCUT2D eigenvalue weighted by Crippen LogP contribution is 2.26. The molecule has 1 atom stereocenters. The quantitative estimate of drug-likeness (QED) is 0.632. The summed E-state index contributed by atoms with van der Waals surface area (Å²) in [5, 5.41) is 3.45. The molecule has 0 spiro atoms. The number of hydrogen-bond donors (Lipinski definition) is 1. The largest absolute Gasteiger partial charge is 0.352 e. The summed E-state index contributed by atoms with van der Waals surface area (Å²) in [6.45, 7) is 6.09. The third kappa shape index (κ3) is 4.84. The molecule has 17 heavy (non-hydrogen) atoms. The van der Waals surface area contributed by atoms with Crippen molar-refractivity contribution in [1.82, 2.24) is 5.32 Å². The van der Waals surface area contributed by atoms with Crippen LogP contribution in [0.1, 0.15) is 13.3 Å². The molecular formula is C13H16ClNOS. The summed E-state index contributed by atoms with van der Waals surface area (Å²) in [6.07, 6.45) is 2.47. The standard InChI is InChI=1S/C13H16ClNOS/c1-3-9-15-13(16)12(4-2)17-11-7-5-10(14)6-8-11/h3,5-8,12H,1,4,9H2,2H3,(H,15,16). The second-order valence-corrected chi connectivity index (χ2v) is 5.22. The highest BCUT2D eigenvalue weighted by atomic mass is 35.5. The highest BCUT2D eigenvalue weighted by molar-refractivity contribution is 8.00. The molecule has 1 N–H and O–H groups in total. The van der Waals surface area contributed by atoms with Crippen molar-refractivity contribution in [1.29, 1.82) is 0 Å². The maximum absolute atomic E-state index is 11.8. The van der Waals surface area contributed by atoms with Gasteiger partial charge in [-0.15, -0.1) is 18.3 Å². The molecule has 0 radical (unpaired) electrons. The van der Waals surface area contributed by atoms with Crippen LogP contribution >= 0.6 is 23.4 Å². The van der Waals surface area contributed by atoms with Gasteiger partial charge in [0, 0.05) is 16.5 Å². The van der Waals surface area contributed by atoms with Gasteiger partial charge in [-0.3, -0.25) is 4.79 Å². The minimum Gasteiger partial charge on any atom is -0.352 e. The zero-order valence-electron chi connectivity index (χ0n) is 9.78. The van der Waals surface area contributed by atoms with E-state index in [1.165, 1.54) is 0 Å². The number of hydrogen-bond acceptors (Lipinski definition) is 2. The highest BCUT2D eigenvalue weighted by Gasteiger charge is 2.16. The molecule has 0 aliphatic rings. The van der Waals surface area contributed by atoms with Crippen molar-refractivity contribution in [3.8, 4) is 0 Å². The summed E-state index contributed by atoms with van der Waals surface area (Å²) in [5.41, 5.74) is 0. The van der Waals surface area contributed by atoms with E-state index in [0.717, 1.165) is 11.3 Å². The molecule has 1 unspecified atom stereocenters. The summed E-state index contributed by atoms with van der Waals surface area (Å²) in [7, 11) is 0. The van der Waals surface area contributed by atoms with Crippen LogP contribution in [0.3, 0.4) is 0 Å². The average molecular weight is 270 g/mol. The molecule has 1 aromatic rings. The molecule has 1 amide bonds. The van der Waals surface area contributed by atoms with Gasteiger partial charge in [-0.05, 0) is 30.7 Å². The second-order valence-electron chi connectivity index (χ2n) is 3.50. The number of halogens is 1. The summed E-state index contributed by atoms with van der Waals surface area (Å²) < 4.78 is 0. The van der Waals surface area contributed by atoms with Crippen molar-refractivity contribution in [3.05, 3.63) is 41.9 Å². The number of nitrogens with one attached hydrogen (secondary N) is 1. The summed E-state index contributed by atoms with van der Waals surface area (Å²) in [5.74, 6) is 0.0485. The SMILES string of the molecule is C=CCNC(=O)C(CC)Sc1ccc(Cl)cc1. The molecule has 0 aliphatic heterocycles. The van der Waals surface area contributed by atoms with Crippen LogP contribution in [0.5, 0.6) is 0 Å². The van der Waals surface area contributed by atoms with Crippen LogP contribution < -0.4 is 5.32 Å². The van der Waals surface area contributed by atoms with Crippen LogP contribution in [0.25, 0.3) is 0 Å². The van der Waals surface area contributed by atoms with Crippen molar-refractivity contribution >= 4 is 29.3 Å². The smallest absolute Gasteiger partial charge is 0.233 e. The van der Waals surface area contributed by atoms with E-state index in [9.17, 15) is 4.79 Å². The predicted molar refractivity (Wildman–Crippen MR) is 74.6 cm³/mol. The Morgan fingerprint density at radius 2 is 2.18 bits per heavy atom. The Balaban J connectivity index is 2.59. The van der Waals surface area contributed by atoms with Gasteiger partial charge in [-0.25, -0.2) is 0 Å². The first-order valence-electron chi connectivity index (χ1n) is 5.48. The Kier molecular flexibility index (Phi) is 6.16. The molecule has 1 rings (SSSR count). The van der Waals surface area contributed by atoms with Crippen molar-refractivity contribution in [2.45, 2.75) is 23.5 Å². The monoisotopic (exact) mass is 269 g/mol. The van der Waals surface area contributed by atoms with Crippen molar-refractivity contribution < 1.29 is 4.79 Å². The Hall–Kier alpha value is -0.930. The molecule has 0 aromatic heterocycles. The van der Waals surface area contributed by atoms with Gasteiger partial charge in [0.2, 0.25) is 5.91 Å². The zero-order valence-corrected chi connectivity index (χ0v) is 11.4. The number of thioether (sulfide) groups is 1. The number of carbonyl (C=O) groups is 1. The third-order valence-electron chi connectivity index (χ3n) is 2.18. The Bertz CT molecular complexity index is 378. The molecule has 2 nitrogen and oxygen atoms in total. The van der Waals surface area contributed by atoms with E-state index in [0.29, 0.717) is 11.6 Å². The van der Waals surface area contributed by atoms with Crippen molar-refractivity contribution in [3.63, 3.8) is 0 Å². The van der Waals surface area contributed by atoms with Gasteiger partial charge >= 0.3 is 0 Å². The molecule has 0 aliphatic carbocycles. The molecule has 0 saturated carbocycles. The lowest BCUT2D eigenvalue weighted by atomic mass is 10.3. The van der Waals surface area contributed by atoms with E-state index in [1.807, 2.05) is 31.2 Å². The molecule has 0 heterocycles. The second kappa shape index (κ2) is 7.41. The lowest BCUT2D eigenvalue weighted by molar-refractivity contribution is -0.120. The van der Waals surface area contributed by atoms with E-state index >= 15 is 0 Å². The molecular weight excluding hydrogens is 254 g/mol. The van der Waals surface area contributed by atoms with Gasteiger partial charge < -0.3 is 5.32 Å². The molecule has 0 bridgehead atoms. The number of benzene rings is 1. The fourth-order valence-corrected chi connectivity index (χ4v) is 2.39. The van der Waals surface area contributed by atoms with Gasteiger partial charge in [0.15, 0.2) is 0 Å². The topological polar surface area (TPSA) is 29.1 Å². The first-order chi connectivity index (χ1) is 8.17. The Labute approximate surface area is 111 Å². The van der Waals surface area contributed by atoms with Crippen molar-refractivity contribution in [2.24, 2.45) is 0 Å². The summed E-state index contributed by atoms with van der Waals surface area (Å²) >= 11 is 7.36. The van der Waals surface area contributed by atoms with Crippen LogP contribution in [0.15, 0.2) is 41.8 Å². The molecule has 0 saturated heterocycles. The maximum atomic E-state index is 11.8. The third-order valence-corrected chi connectivity index (χ3v) is 3.80. The van der Waals surface area contributed by atoms with Gasteiger partial charge in [0.1, 0.15) is 0 Å². The fourth-order valence-electron chi connectivity index (χ4n) is 1.29. The molecule has 4 heteroatoms. The van der Waals surface area contributed by atoms with Crippen LogP contribution in [-0.4, -0.2) is 17.7 Å². The molecule has 92 valence electrons. The van der Waals surface area contributed by atoms with E-state index in [-0.39, 0.29) is 11.2 Å². The lowest BCUT2D eigenvalue weighted by Gasteiger charge is -2.13. The Morgan fingerprint density at radius 3 is 2.71 bits per heavy atom. The van der Waals surface area contributed by atoms with Crippen LogP contribution in [0, 0.1) is 0 Å². The number of rotatable bonds is 6.